The van der Waals surface area contributed by atoms with E-state index >= 15 is 0 Å². The highest BCUT2D eigenvalue weighted by molar-refractivity contribution is 5.21. The van der Waals surface area contributed by atoms with Gasteiger partial charge in [-0.3, -0.25) is 0 Å². The summed E-state index contributed by atoms with van der Waals surface area (Å²) in [5, 5.41) is 0. The zero-order chi connectivity index (χ0) is 31.4. The third kappa shape index (κ3) is 4.88. The zero-order valence-corrected chi connectivity index (χ0v) is 18.7. The van der Waals surface area contributed by atoms with Crippen molar-refractivity contribution < 1.29 is 92.3 Å². The first kappa shape index (κ1) is 36.3. The van der Waals surface area contributed by atoms with Gasteiger partial charge in [-0.15, -0.1) is 0 Å². The summed E-state index contributed by atoms with van der Waals surface area (Å²) in [7, 11) is 1.13. The highest BCUT2D eigenvalue weighted by Crippen LogP contribution is 2.65. The van der Waals surface area contributed by atoms with Gasteiger partial charge in [-0.05, 0) is 13.8 Å². The van der Waals surface area contributed by atoms with Crippen LogP contribution in [0.25, 0.3) is 0 Å². The van der Waals surface area contributed by atoms with Gasteiger partial charge in [-0.25, -0.2) is 4.39 Å². The standard InChI is InChI=1S/C17H16F20N/c1-4-38(3,5-2)7-6-8(18)9(19,20)10(21,22)11(23,24)12(25,26)13(27,28)14(29,30)15(31,32)16(33,34)17(35,36)37/h6H,4-5,7H2,1-3H3/q+1/b8-6-. The molecule has 38 heavy (non-hydrogen) atoms. The summed E-state index contributed by atoms with van der Waals surface area (Å²) >= 11 is 0. The fourth-order valence-electron chi connectivity index (χ4n) is 2.42. The number of hydrogen-bond donors (Lipinski definition) is 0. The maximum atomic E-state index is 13.8. The van der Waals surface area contributed by atoms with E-state index in [9.17, 15) is 87.8 Å². The first-order valence-corrected chi connectivity index (χ1v) is 9.54. The molecule has 1 nitrogen and oxygen atoms in total. The number of likely N-dealkylation sites (N-methyl/N-ethyl adjacent to an activating group) is 1. The Bertz CT molecular complexity index is 863. The lowest BCUT2D eigenvalue weighted by atomic mass is 9.87. The topological polar surface area (TPSA) is 0 Å². The van der Waals surface area contributed by atoms with E-state index in [1.807, 2.05) is 0 Å². The van der Waals surface area contributed by atoms with Gasteiger partial charge in [0.2, 0.25) is 0 Å². The van der Waals surface area contributed by atoms with E-state index in [2.05, 4.69) is 0 Å². The van der Waals surface area contributed by atoms with Gasteiger partial charge in [0.25, 0.3) is 0 Å². The summed E-state index contributed by atoms with van der Waals surface area (Å²) < 4.78 is 265. The van der Waals surface area contributed by atoms with Gasteiger partial charge in [-0.1, -0.05) is 0 Å². The number of alkyl halides is 19. The predicted octanol–water partition coefficient (Wildman–Crippen LogP) is 7.97. The molecule has 0 N–H and O–H groups in total. The Morgan fingerprint density at radius 2 is 0.763 bits per heavy atom. The van der Waals surface area contributed by atoms with E-state index in [1.165, 1.54) is 13.8 Å². The van der Waals surface area contributed by atoms with Crippen molar-refractivity contribution in [2.45, 2.75) is 67.4 Å². The molecule has 0 saturated heterocycles. The van der Waals surface area contributed by atoms with Gasteiger partial charge in [-0.2, -0.15) is 83.4 Å². The second-order valence-electron chi connectivity index (χ2n) is 8.08. The fourth-order valence-corrected chi connectivity index (χ4v) is 2.42. The van der Waals surface area contributed by atoms with Gasteiger partial charge in [0.05, 0.1) is 20.1 Å². The lowest BCUT2D eigenvalue weighted by molar-refractivity contribution is -0.900. The molecule has 0 bridgehead atoms. The minimum Gasteiger partial charge on any atom is -0.323 e. The van der Waals surface area contributed by atoms with Crippen molar-refractivity contribution >= 4 is 0 Å². The molecule has 0 aromatic carbocycles. The van der Waals surface area contributed by atoms with E-state index in [0.717, 1.165) is 7.05 Å². The fraction of sp³-hybridized carbons (Fsp3) is 0.882. The van der Waals surface area contributed by atoms with Crippen LogP contribution in [0.2, 0.25) is 0 Å². The molecule has 0 atom stereocenters. The number of nitrogens with zero attached hydrogens (tertiary/aromatic N) is 1. The van der Waals surface area contributed by atoms with Crippen LogP contribution in [0.1, 0.15) is 13.8 Å². The Balaban J connectivity index is 6.93. The Hall–Kier alpha value is -1.70. The molecule has 0 radical (unpaired) electrons. The minimum absolute atomic E-state index is 0.0887. The van der Waals surface area contributed by atoms with Crippen molar-refractivity contribution in [2.75, 3.05) is 26.7 Å². The summed E-state index contributed by atoms with van der Waals surface area (Å²) in [6, 6.07) is 0. The Kier molecular flexibility index (Phi) is 9.30. The van der Waals surface area contributed by atoms with Crippen LogP contribution in [0.5, 0.6) is 0 Å². The maximum absolute atomic E-state index is 13.8. The number of rotatable bonds is 12. The Morgan fingerprint density at radius 1 is 0.500 bits per heavy atom. The molecule has 0 amide bonds. The second kappa shape index (κ2) is 9.74. The summed E-state index contributed by atoms with van der Waals surface area (Å²) in [5.41, 5.74) is 0. The second-order valence-corrected chi connectivity index (χ2v) is 8.08. The molecule has 0 aliphatic heterocycles. The number of allylic oxidation sites excluding steroid dienone is 1. The first-order valence-electron chi connectivity index (χ1n) is 9.54. The molecule has 21 heteroatoms. The molecular weight excluding hydrogens is 598 g/mol. The van der Waals surface area contributed by atoms with Gasteiger partial charge >= 0.3 is 53.6 Å². The number of halogens is 20. The third-order valence-corrected chi connectivity index (χ3v) is 5.65. The average Bonchev–Trinajstić information content (AvgIpc) is 2.75. The molecule has 0 aromatic heterocycles. The maximum Gasteiger partial charge on any atom is 0.460 e. The van der Waals surface area contributed by atoms with Gasteiger partial charge in [0.15, 0.2) is 5.83 Å². The number of quaternary nitrogens is 1. The first-order chi connectivity index (χ1) is 16.2. The molecule has 0 unspecified atom stereocenters. The van der Waals surface area contributed by atoms with Crippen molar-refractivity contribution in [3.63, 3.8) is 0 Å². The van der Waals surface area contributed by atoms with Crippen LogP contribution in [-0.2, 0) is 0 Å². The van der Waals surface area contributed by atoms with E-state index < -0.39 is 76.5 Å². The molecule has 0 aliphatic rings. The van der Waals surface area contributed by atoms with Crippen LogP contribution >= 0.6 is 0 Å². The largest absolute Gasteiger partial charge is 0.460 e. The highest BCUT2D eigenvalue weighted by Gasteiger charge is 2.96. The molecular formula is C17H16F20N+. The van der Waals surface area contributed by atoms with Crippen LogP contribution in [0, 0.1) is 0 Å². The van der Waals surface area contributed by atoms with E-state index in [4.69, 9.17) is 0 Å². The molecule has 0 heterocycles. The predicted molar refractivity (Wildman–Crippen MR) is 87.0 cm³/mol. The molecule has 0 aliphatic carbocycles. The molecule has 0 aromatic rings. The highest BCUT2D eigenvalue weighted by atomic mass is 19.4. The molecule has 0 spiro atoms. The van der Waals surface area contributed by atoms with Gasteiger partial charge in [0, 0.05) is 6.08 Å². The van der Waals surface area contributed by atoms with Crippen LogP contribution in [-0.4, -0.2) is 84.7 Å². The normalized spacial score (nSPS) is 16.8. The van der Waals surface area contributed by atoms with Crippen LogP contribution < -0.4 is 0 Å². The zero-order valence-electron chi connectivity index (χ0n) is 18.7. The third-order valence-electron chi connectivity index (χ3n) is 5.65. The van der Waals surface area contributed by atoms with Crippen molar-refractivity contribution in [3.8, 4) is 0 Å². The van der Waals surface area contributed by atoms with E-state index in [1.54, 1.807) is 0 Å². The summed E-state index contributed by atoms with van der Waals surface area (Å²) in [5.74, 6) is -72.0. The van der Waals surface area contributed by atoms with Crippen molar-refractivity contribution in [1.29, 1.82) is 0 Å². The monoisotopic (exact) mass is 614 g/mol. The van der Waals surface area contributed by atoms with Gasteiger partial charge in [0.1, 0.15) is 6.54 Å². The SMILES string of the molecule is CC[N+](C)(CC)C/C=C(\F)C(F)(F)C(F)(F)C(F)(F)C(F)(F)C(F)(F)C(F)(F)C(F)(F)C(F)(F)C(F)(F)F. The van der Waals surface area contributed by atoms with Crippen molar-refractivity contribution in [2.24, 2.45) is 0 Å². The van der Waals surface area contributed by atoms with E-state index in [0.29, 0.717) is 0 Å². The average molecular weight is 614 g/mol. The molecule has 228 valence electrons. The molecule has 0 fully saturated rings. The molecule has 0 saturated carbocycles. The minimum atomic E-state index is -9.03. The summed E-state index contributed by atoms with van der Waals surface area (Å²) in [4.78, 5) is 0. The lowest BCUT2D eigenvalue weighted by Crippen LogP contribution is -2.75. The van der Waals surface area contributed by atoms with E-state index in [-0.39, 0.29) is 13.1 Å². The Labute approximate surface area is 199 Å². The van der Waals surface area contributed by atoms with Crippen LogP contribution in [0.4, 0.5) is 87.8 Å². The summed E-state index contributed by atoms with van der Waals surface area (Å²) in [6.45, 7) is 1.36. The van der Waals surface area contributed by atoms with Crippen LogP contribution in [0.3, 0.4) is 0 Å². The quantitative estimate of drug-likeness (QED) is 0.155. The molecule has 0 rings (SSSR count). The Morgan fingerprint density at radius 3 is 1.03 bits per heavy atom. The number of hydrogen-bond acceptors (Lipinski definition) is 0. The van der Waals surface area contributed by atoms with Crippen LogP contribution in [0.15, 0.2) is 11.9 Å². The van der Waals surface area contributed by atoms with Crippen molar-refractivity contribution in [1.82, 2.24) is 0 Å². The van der Waals surface area contributed by atoms with Crippen molar-refractivity contribution in [3.05, 3.63) is 11.9 Å². The van der Waals surface area contributed by atoms with Gasteiger partial charge < -0.3 is 4.48 Å². The smallest absolute Gasteiger partial charge is 0.323 e. The lowest BCUT2D eigenvalue weighted by Gasteiger charge is -2.43. The summed E-state index contributed by atoms with van der Waals surface area (Å²) in [6.07, 6.45) is -8.54.